The molecule has 5 nitrogen and oxygen atoms in total. The number of aromatic carboxylic acids is 1. The van der Waals surface area contributed by atoms with Crippen molar-refractivity contribution in [1.82, 2.24) is 5.32 Å². The van der Waals surface area contributed by atoms with Crippen LogP contribution in [0.4, 0.5) is 0 Å². The average molecular weight is 311 g/mol. The van der Waals surface area contributed by atoms with Crippen molar-refractivity contribution in [2.45, 2.75) is 12.3 Å². The lowest BCUT2D eigenvalue weighted by atomic mass is 9.94. The molecule has 1 saturated heterocycles. The van der Waals surface area contributed by atoms with Gasteiger partial charge in [0.2, 0.25) is 5.91 Å². The summed E-state index contributed by atoms with van der Waals surface area (Å²) in [4.78, 5) is 22.8. The minimum atomic E-state index is -0.992. The summed E-state index contributed by atoms with van der Waals surface area (Å²) < 4.78 is 5.09. The molecule has 0 aromatic heterocycles. The minimum Gasteiger partial charge on any atom is -0.497 e. The number of rotatable bonds is 4. The Kier molecular flexibility index (Phi) is 4.02. The van der Waals surface area contributed by atoms with E-state index in [1.165, 1.54) is 13.2 Å². The van der Waals surface area contributed by atoms with E-state index in [4.69, 9.17) is 4.74 Å². The van der Waals surface area contributed by atoms with Gasteiger partial charge in [-0.15, -0.1) is 0 Å². The van der Waals surface area contributed by atoms with Crippen molar-refractivity contribution in [2.24, 2.45) is 0 Å². The molecule has 2 N–H and O–H groups in total. The predicted octanol–water partition coefficient (Wildman–Crippen LogP) is 2.66. The lowest BCUT2D eigenvalue weighted by molar-refractivity contribution is -0.119. The van der Waals surface area contributed by atoms with E-state index in [9.17, 15) is 14.7 Å². The number of ether oxygens (including phenoxy) is 1. The molecule has 23 heavy (non-hydrogen) atoms. The number of hydrogen-bond donors (Lipinski definition) is 2. The number of carboxylic acid groups (broad SMARTS) is 1. The number of carbonyl (C=O) groups is 2. The monoisotopic (exact) mass is 311 g/mol. The molecule has 1 unspecified atom stereocenters. The van der Waals surface area contributed by atoms with Crippen molar-refractivity contribution >= 4 is 11.9 Å². The summed E-state index contributed by atoms with van der Waals surface area (Å²) in [6.07, 6.45) is 0.502. The molecule has 1 aliphatic heterocycles. The maximum absolute atomic E-state index is 11.5. The molecule has 0 radical (unpaired) electrons. The highest BCUT2D eigenvalue weighted by atomic mass is 16.5. The molecular weight excluding hydrogens is 294 g/mol. The highest BCUT2D eigenvalue weighted by Crippen LogP contribution is 2.30. The summed E-state index contributed by atoms with van der Waals surface area (Å²) in [5.74, 6) is -0.222. The van der Waals surface area contributed by atoms with E-state index in [1.54, 1.807) is 12.1 Å². The fraction of sp³-hybridized carbons (Fsp3) is 0.222. The molecule has 1 amide bonds. The molecule has 5 heteroatoms. The Morgan fingerprint density at radius 1 is 1.22 bits per heavy atom. The Balaban J connectivity index is 1.93. The van der Waals surface area contributed by atoms with Crippen LogP contribution in [0.15, 0.2) is 42.5 Å². The summed E-state index contributed by atoms with van der Waals surface area (Å²) in [7, 11) is 1.51. The summed E-state index contributed by atoms with van der Waals surface area (Å²) in [6.45, 7) is 0.654. The molecule has 1 fully saturated rings. The molecule has 2 aromatic rings. The third-order valence-electron chi connectivity index (χ3n) is 4.13. The number of hydrogen-bond acceptors (Lipinski definition) is 3. The lowest BCUT2D eigenvalue weighted by Crippen LogP contribution is -2.13. The number of amides is 1. The largest absolute Gasteiger partial charge is 0.497 e. The third kappa shape index (κ3) is 3.04. The maximum Gasteiger partial charge on any atom is 0.336 e. The van der Waals surface area contributed by atoms with Gasteiger partial charge in [0, 0.05) is 18.9 Å². The van der Waals surface area contributed by atoms with Crippen molar-refractivity contribution in [3.63, 3.8) is 0 Å². The molecule has 0 aliphatic carbocycles. The standard InChI is InChI=1S/C18H17NO4/c1-23-14-6-7-15(16(9-14)18(21)22)12-4-2-11(3-5-12)13-8-17(20)19-10-13/h2-7,9,13H,8,10H2,1H3,(H,19,20)(H,21,22). The Labute approximate surface area is 133 Å². The highest BCUT2D eigenvalue weighted by Gasteiger charge is 2.23. The highest BCUT2D eigenvalue weighted by molar-refractivity contribution is 5.96. The van der Waals surface area contributed by atoms with Crippen LogP contribution in [0, 0.1) is 0 Å². The smallest absolute Gasteiger partial charge is 0.336 e. The van der Waals surface area contributed by atoms with Gasteiger partial charge in [-0.25, -0.2) is 4.79 Å². The second-order valence-corrected chi connectivity index (χ2v) is 5.54. The van der Waals surface area contributed by atoms with Crippen LogP contribution in [0.25, 0.3) is 11.1 Å². The molecule has 3 rings (SSSR count). The zero-order chi connectivity index (χ0) is 16.4. The second kappa shape index (κ2) is 6.12. The number of carboxylic acids is 1. The van der Waals surface area contributed by atoms with Crippen LogP contribution >= 0.6 is 0 Å². The zero-order valence-electron chi connectivity index (χ0n) is 12.7. The second-order valence-electron chi connectivity index (χ2n) is 5.54. The Hall–Kier alpha value is -2.82. The van der Waals surface area contributed by atoms with Gasteiger partial charge in [-0.3, -0.25) is 4.79 Å². The Bertz CT molecular complexity index is 752. The Morgan fingerprint density at radius 2 is 1.96 bits per heavy atom. The van der Waals surface area contributed by atoms with Gasteiger partial charge in [-0.2, -0.15) is 0 Å². The number of nitrogens with one attached hydrogen (secondary N) is 1. The van der Waals surface area contributed by atoms with E-state index < -0.39 is 5.97 Å². The molecule has 118 valence electrons. The molecule has 0 spiro atoms. The number of methoxy groups -OCH3 is 1. The summed E-state index contributed by atoms with van der Waals surface area (Å²) in [6, 6.07) is 12.7. The van der Waals surface area contributed by atoms with Crippen LogP contribution in [-0.2, 0) is 4.79 Å². The van der Waals surface area contributed by atoms with Gasteiger partial charge in [0.25, 0.3) is 0 Å². The first kappa shape index (κ1) is 15.1. The SMILES string of the molecule is COc1ccc(-c2ccc(C3CNC(=O)C3)cc2)c(C(=O)O)c1. The fourth-order valence-corrected chi connectivity index (χ4v) is 2.85. The molecule has 1 heterocycles. The van der Waals surface area contributed by atoms with Gasteiger partial charge in [-0.1, -0.05) is 24.3 Å². The average Bonchev–Trinajstić information content (AvgIpc) is 3.01. The van der Waals surface area contributed by atoms with Crippen LogP contribution in [0.2, 0.25) is 0 Å². The third-order valence-corrected chi connectivity index (χ3v) is 4.13. The first-order chi connectivity index (χ1) is 11.1. The Morgan fingerprint density at radius 3 is 2.52 bits per heavy atom. The van der Waals surface area contributed by atoms with Gasteiger partial charge in [0.05, 0.1) is 12.7 Å². The van der Waals surface area contributed by atoms with E-state index in [0.717, 1.165) is 11.1 Å². The van der Waals surface area contributed by atoms with Gasteiger partial charge < -0.3 is 15.2 Å². The van der Waals surface area contributed by atoms with E-state index in [1.807, 2.05) is 24.3 Å². The normalized spacial score (nSPS) is 16.9. The quantitative estimate of drug-likeness (QED) is 0.910. The van der Waals surface area contributed by atoms with Gasteiger partial charge >= 0.3 is 5.97 Å². The van der Waals surface area contributed by atoms with Crippen LogP contribution in [0.3, 0.4) is 0 Å². The first-order valence-corrected chi connectivity index (χ1v) is 7.37. The summed E-state index contributed by atoms with van der Waals surface area (Å²) >= 11 is 0. The van der Waals surface area contributed by atoms with E-state index in [2.05, 4.69) is 5.32 Å². The summed E-state index contributed by atoms with van der Waals surface area (Å²) in [5.41, 5.74) is 2.75. The van der Waals surface area contributed by atoms with Crippen LogP contribution < -0.4 is 10.1 Å². The topological polar surface area (TPSA) is 75.6 Å². The fourth-order valence-electron chi connectivity index (χ4n) is 2.85. The molecule has 0 saturated carbocycles. The van der Waals surface area contributed by atoms with Crippen molar-refractivity contribution in [2.75, 3.05) is 13.7 Å². The number of benzene rings is 2. The number of carbonyl (C=O) groups excluding carboxylic acids is 1. The van der Waals surface area contributed by atoms with E-state index in [-0.39, 0.29) is 17.4 Å². The van der Waals surface area contributed by atoms with Gasteiger partial charge in [-0.05, 0) is 34.9 Å². The molecule has 2 aromatic carbocycles. The van der Waals surface area contributed by atoms with Gasteiger partial charge in [0.15, 0.2) is 0 Å². The first-order valence-electron chi connectivity index (χ1n) is 7.37. The molecule has 1 aliphatic rings. The van der Waals surface area contributed by atoms with Crippen molar-refractivity contribution in [1.29, 1.82) is 0 Å². The van der Waals surface area contributed by atoms with E-state index in [0.29, 0.717) is 24.3 Å². The minimum absolute atomic E-state index is 0.0717. The predicted molar refractivity (Wildman–Crippen MR) is 85.8 cm³/mol. The molecule has 1 atom stereocenters. The van der Waals surface area contributed by atoms with Crippen molar-refractivity contribution < 1.29 is 19.4 Å². The van der Waals surface area contributed by atoms with Crippen LogP contribution in [0.5, 0.6) is 5.75 Å². The van der Waals surface area contributed by atoms with E-state index >= 15 is 0 Å². The maximum atomic E-state index is 11.5. The van der Waals surface area contributed by atoms with Crippen molar-refractivity contribution in [3.8, 4) is 16.9 Å². The van der Waals surface area contributed by atoms with Crippen LogP contribution in [0.1, 0.15) is 28.3 Å². The van der Waals surface area contributed by atoms with Crippen molar-refractivity contribution in [3.05, 3.63) is 53.6 Å². The zero-order valence-corrected chi connectivity index (χ0v) is 12.7. The lowest BCUT2D eigenvalue weighted by Gasteiger charge is -2.11. The van der Waals surface area contributed by atoms with Crippen LogP contribution in [-0.4, -0.2) is 30.6 Å². The molecular formula is C18H17NO4. The van der Waals surface area contributed by atoms with Gasteiger partial charge in [0.1, 0.15) is 5.75 Å². The summed E-state index contributed by atoms with van der Waals surface area (Å²) in [5, 5.41) is 12.2. The molecule has 0 bridgehead atoms.